The van der Waals surface area contributed by atoms with E-state index < -0.39 is 35.6 Å². The quantitative estimate of drug-likeness (QED) is 0.362. The summed E-state index contributed by atoms with van der Waals surface area (Å²) in [4.78, 5) is 41.0. The van der Waals surface area contributed by atoms with Gasteiger partial charge in [0.15, 0.2) is 0 Å². The van der Waals surface area contributed by atoms with E-state index >= 15 is 0 Å². The summed E-state index contributed by atoms with van der Waals surface area (Å²) in [5.74, 6) is -1.49. The second kappa shape index (κ2) is 11.8. The average molecular weight is 508 g/mol. The molecule has 37 heavy (non-hydrogen) atoms. The van der Waals surface area contributed by atoms with Crippen molar-refractivity contribution in [3.63, 3.8) is 0 Å². The second-order valence-corrected chi connectivity index (χ2v) is 10.4. The fourth-order valence-corrected chi connectivity index (χ4v) is 3.83. The van der Waals surface area contributed by atoms with Crippen molar-refractivity contribution in [1.82, 2.24) is 10.2 Å². The van der Waals surface area contributed by atoms with Crippen molar-refractivity contribution in [2.24, 2.45) is 5.92 Å². The molecule has 8 heteroatoms. The molecule has 198 valence electrons. The third kappa shape index (κ3) is 7.50. The van der Waals surface area contributed by atoms with Crippen molar-refractivity contribution < 1.29 is 24.2 Å². The Kier molecular flexibility index (Phi) is 9.35. The van der Waals surface area contributed by atoms with Crippen LogP contribution in [0.1, 0.15) is 62.9 Å². The maximum atomic E-state index is 13.8. The minimum atomic E-state index is -1.24. The lowest BCUT2D eigenvalue weighted by atomic mass is 9.98. The van der Waals surface area contributed by atoms with Crippen molar-refractivity contribution in [2.45, 2.75) is 73.1 Å². The molecule has 0 bridgehead atoms. The number of rotatable bonds is 7. The molecule has 0 aliphatic heterocycles. The number of aromatic hydroxyl groups is 1. The first-order valence-electron chi connectivity index (χ1n) is 12.1. The van der Waals surface area contributed by atoms with Crippen LogP contribution in [-0.2, 0) is 14.3 Å². The van der Waals surface area contributed by atoms with Crippen LogP contribution in [0.15, 0.2) is 36.4 Å². The molecule has 2 unspecified atom stereocenters. The smallest absolute Gasteiger partial charge is 0.408 e. The number of terminal acetylenes is 1. The van der Waals surface area contributed by atoms with Crippen LogP contribution >= 0.6 is 0 Å². The number of carbonyl (C=O) groups is 3. The molecule has 3 amide bonds. The lowest BCUT2D eigenvalue weighted by Crippen LogP contribution is -2.53. The molecule has 2 aromatic rings. The Morgan fingerprint density at radius 3 is 2.11 bits per heavy atom. The van der Waals surface area contributed by atoms with Crippen molar-refractivity contribution in [3.05, 3.63) is 58.7 Å². The first-order valence-corrected chi connectivity index (χ1v) is 12.1. The Balaban J connectivity index is 2.53. The second-order valence-electron chi connectivity index (χ2n) is 10.4. The average Bonchev–Trinajstić information content (AvgIpc) is 2.78. The molecular formula is C29H37N3O5. The molecule has 0 aliphatic carbocycles. The Morgan fingerprint density at radius 1 is 1.03 bits per heavy atom. The van der Waals surface area contributed by atoms with Crippen LogP contribution in [0.2, 0.25) is 0 Å². The molecule has 0 heterocycles. The molecule has 0 radical (unpaired) electrons. The van der Waals surface area contributed by atoms with E-state index in [1.807, 2.05) is 32.0 Å². The number of ether oxygens (including phenoxy) is 1. The van der Waals surface area contributed by atoms with Gasteiger partial charge in [-0.05, 0) is 81.8 Å². The number of nitrogens with one attached hydrogen (secondary N) is 2. The molecule has 0 spiro atoms. The third-order valence-corrected chi connectivity index (χ3v) is 5.75. The summed E-state index contributed by atoms with van der Waals surface area (Å²) < 4.78 is 5.33. The molecule has 8 nitrogen and oxygen atoms in total. The molecule has 2 atom stereocenters. The fraction of sp³-hybridized carbons (Fsp3) is 0.414. The highest BCUT2D eigenvalue weighted by Crippen LogP contribution is 2.29. The van der Waals surface area contributed by atoms with Crippen LogP contribution in [0.3, 0.4) is 0 Å². The van der Waals surface area contributed by atoms with Crippen LogP contribution < -0.4 is 10.6 Å². The summed E-state index contributed by atoms with van der Waals surface area (Å²) in [6.07, 6.45) is 5.05. The molecule has 0 saturated carbocycles. The van der Waals surface area contributed by atoms with Gasteiger partial charge in [-0.1, -0.05) is 44.5 Å². The molecule has 0 aromatic heterocycles. The topological polar surface area (TPSA) is 108 Å². The molecular weight excluding hydrogens is 470 g/mol. The minimum absolute atomic E-state index is 0.0443. The fourth-order valence-electron chi connectivity index (χ4n) is 3.83. The standard InChI is InChI=1S/C29H37N3O5/c1-10-32(27(35)23(17(2)3)31-28(36)37-29(7,8)9)25(21-14-15-22(33)20(6)16-21)26(34)30-24-18(4)12-11-13-19(24)5/h1,11-17,23,25,33H,2-9H3,(H,30,34)(H,31,36). The summed E-state index contributed by atoms with van der Waals surface area (Å²) in [6, 6.07) is 10.3. The molecule has 2 aromatic carbocycles. The number of para-hydroxylation sites is 1. The summed E-state index contributed by atoms with van der Waals surface area (Å²) in [7, 11) is 0. The SMILES string of the molecule is C#CN(C(=O)C(NC(=O)OC(C)(C)C)C(C)C)C(C(=O)Nc1c(C)cccc1C)c1ccc(O)c(C)c1. The Bertz CT molecular complexity index is 1190. The van der Waals surface area contributed by atoms with E-state index in [1.54, 1.807) is 53.7 Å². The highest BCUT2D eigenvalue weighted by Gasteiger charge is 2.37. The maximum Gasteiger partial charge on any atom is 0.408 e. The molecule has 3 N–H and O–H groups in total. The van der Waals surface area contributed by atoms with Crippen LogP contribution in [0, 0.1) is 39.2 Å². The zero-order valence-corrected chi connectivity index (χ0v) is 22.8. The number of benzene rings is 2. The van der Waals surface area contributed by atoms with Gasteiger partial charge in [-0.15, -0.1) is 0 Å². The van der Waals surface area contributed by atoms with E-state index in [0.717, 1.165) is 16.0 Å². The van der Waals surface area contributed by atoms with Crippen LogP contribution in [-0.4, -0.2) is 39.6 Å². The van der Waals surface area contributed by atoms with Gasteiger partial charge in [0.25, 0.3) is 11.8 Å². The Hall–Kier alpha value is -3.99. The summed E-state index contributed by atoms with van der Waals surface area (Å²) in [5, 5.41) is 15.6. The Morgan fingerprint density at radius 2 is 1.62 bits per heavy atom. The number of phenolic OH excluding ortho intramolecular Hbond substituents is 1. The van der Waals surface area contributed by atoms with Gasteiger partial charge in [-0.3, -0.25) is 14.5 Å². The van der Waals surface area contributed by atoms with Crippen molar-refractivity contribution in [3.8, 4) is 18.2 Å². The predicted molar refractivity (Wildman–Crippen MR) is 144 cm³/mol. The number of hydrogen-bond donors (Lipinski definition) is 3. The van der Waals surface area contributed by atoms with Crippen molar-refractivity contribution in [1.29, 1.82) is 0 Å². The van der Waals surface area contributed by atoms with Crippen molar-refractivity contribution >= 4 is 23.6 Å². The maximum absolute atomic E-state index is 13.8. The predicted octanol–water partition coefficient (Wildman–Crippen LogP) is 4.97. The van der Waals surface area contributed by atoms with Gasteiger partial charge >= 0.3 is 6.09 Å². The number of nitrogens with zero attached hydrogens (tertiary/aromatic N) is 1. The molecule has 2 rings (SSSR count). The first-order chi connectivity index (χ1) is 17.2. The normalized spacial score (nSPS) is 12.8. The largest absolute Gasteiger partial charge is 0.508 e. The van der Waals surface area contributed by atoms with E-state index in [9.17, 15) is 19.5 Å². The number of carbonyl (C=O) groups excluding carboxylic acids is 3. The van der Waals surface area contributed by atoms with Gasteiger partial charge < -0.3 is 20.5 Å². The monoisotopic (exact) mass is 507 g/mol. The lowest BCUT2D eigenvalue weighted by molar-refractivity contribution is -0.137. The summed E-state index contributed by atoms with van der Waals surface area (Å²) >= 11 is 0. The van der Waals surface area contributed by atoms with E-state index in [2.05, 4.69) is 16.7 Å². The number of amides is 3. The highest BCUT2D eigenvalue weighted by atomic mass is 16.6. The van der Waals surface area contributed by atoms with Gasteiger partial charge in [0.05, 0.1) is 0 Å². The van der Waals surface area contributed by atoms with E-state index in [0.29, 0.717) is 16.8 Å². The third-order valence-electron chi connectivity index (χ3n) is 5.75. The van der Waals surface area contributed by atoms with E-state index in [1.165, 1.54) is 6.07 Å². The number of alkyl carbamates (subject to hydrolysis) is 1. The van der Waals surface area contributed by atoms with Gasteiger partial charge in [0.2, 0.25) is 0 Å². The Labute approximate surface area is 219 Å². The summed E-state index contributed by atoms with van der Waals surface area (Å²) in [6.45, 7) is 14.1. The number of aryl methyl sites for hydroxylation is 3. The molecule has 0 aliphatic rings. The van der Waals surface area contributed by atoms with Gasteiger partial charge in [-0.2, -0.15) is 0 Å². The number of hydrogen-bond acceptors (Lipinski definition) is 5. The molecule has 0 fully saturated rings. The zero-order valence-electron chi connectivity index (χ0n) is 22.8. The number of phenols is 1. The van der Waals surface area contributed by atoms with Crippen molar-refractivity contribution in [2.75, 3.05) is 5.32 Å². The number of anilines is 1. The first kappa shape index (κ1) is 29.2. The van der Waals surface area contributed by atoms with Crippen LogP contribution in [0.25, 0.3) is 0 Å². The van der Waals surface area contributed by atoms with Gasteiger partial charge in [-0.25, -0.2) is 4.79 Å². The van der Waals surface area contributed by atoms with E-state index in [4.69, 9.17) is 11.2 Å². The summed E-state index contributed by atoms with van der Waals surface area (Å²) in [5.41, 5.74) is 2.46. The van der Waals surface area contributed by atoms with Crippen LogP contribution in [0.5, 0.6) is 5.75 Å². The molecule has 0 saturated heterocycles. The minimum Gasteiger partial charge on any atom is -0.508 e. The van der Waals surface area contributed by atoms with E-state index in [-0.39, 0.29) is 11.7 Å². The van der Waals surface area contributed by atoms with Crippen LogP contribution in [0.4, 0.5) is 10.5 Å². The highest BCUT2D eigenvalue weighted by molar-refractivity contribution is 6.00. The lowest BCUT2D eigenvalue weighted by Gasteiger charge is -2.32. The van der Waals surface area contributed by atoms with Gasteiger partial charge in [0.1, 0.15) is 23.4 Å². The van der Waals surface area contributed by atoms with Gasteiger partial charge in [0, 0.05) is 11.7 Å². The zero-order chi connectivity index (χ0) is 28.1.